The summed E-state index contributed by atoms with van der Waals surface area (Å²) in [5, 5.41) is 0. The van der Waals surface area contributed by atoms with Crippen LogP contribution >= 0.6 is 22.6 Å². The molecule has 2 aliphatic carbocycles. The van der Waals surface area contributed by atoms with Crippen LogP contribution in [0.2, 0.25) is 0 Å². The highest BCUT2D eigenvalue weighted by molar-refractivity contribution is 14.1. The zero-order valence-electron chi connectivity index (χ0n) is 12.0. The first-order chi connectivity index (χ1) is 9.89. The van der Waals surface area contributed by atoms with Gasteiger partial charge in [0.15, 0.2) is 11.6 Å². The largest absolute Gasteiger partial charge is 0.317 e. The van der Waals surface area contributed by atoms with Gasteiger partial charge in [-0.1, -0.05) is 6.92 Å². The molecule has 0 bridgehead atoms. The summed E-state index contributed by atoms with van der Waals surface area (Å²) in [5.41, 5.74) is 1.17. The molecule has 5 heteroatoms. The van der Waals surface area contributed by atoms with E-state index in [1.807, 2.05) is 19.9 Å². The fourth-order valence-corrected chi connectivity index (χ4v) is 5.62. The second-order valence-corrected chi connectivity index (χ2v) is 7.72. The van der Waals surface area contributed by atoms with Crippen molar-refractivity contribution in [2.24, 2.45) is 17.8 Å². The maximum atomic E-state index is 12.6. The lowest BCUT2D eigenvalue weighted by Gasteiger charge is -2.42. The number of Topliss-reactive ketones (excluding diaryl/α,β-unsaturated/α-hetero) is 2. The Morgan fingerprint density at radius 3 is 2.57 bits per heavy atom. The second kappa shape index (κ2) is 4.06. The van der Waals surface area contributed by atoms with Crippen molar-refractivity contribution < 1.29 is 14.4 Å². The third-order valence-electron chi connectivity index (χ3n) is 5.41. The first kappa shape index (κ1) is 13.7. The van der Waals surface area contributed by atoms with Crippen molar-refractivity contribution in [2.75, 3.05) is 6.54 Å². The average molecular weight is 397 g/mol. The van der Waals surface area contributed by atoms with Gasteiger partial charge >= 0.3 is 0 Å². The topological polar surface area (TPSA) is 54.5 Å². The van der Waals surface area contributed by atoms with Crippen LogP contribution < -0.4 is 0 Å². The van der Waals surface area contributed by atoms with Crippen molar-refractivity contribution in [3.05, 3.63) is 20.8 Å². The number of amides is 1. The number of halogens is 1. The Hall–Kier alpha value is -0.980. The molecule has 4 nitrogen and oxygen atoms in total. The van der Waals surface area contributed by atoms with E-state index in [0.717, 1.165) is 22.0 Å². The smallest absolute Gasteiger partial charge is 0.261 e. The number of ketones is 2. The molecule has 0 N–H and O–H groups in total. The van der Waals surface area contributed by atoms with Crippen molar-refractivity contribution in [1.82, 2.24) is 4.90 Å². The van der Waals surface area contributed by atoms with E-state index in [9.17, 15) is 14.4 Å². The number of rotatable bonds is 1. The molecule has 1 spiro atoms. The van der Waals surface area contributed by atoms with Crippen LogP contribution in [0, 0.1) is 17.8 Å². The fourth-order valence-electron chi connectivity index (χ4n) is 4.46. The molecule has 1 amide bonds. The van der Waals surface area contributed by atoms with Gasteiger partial charge in [-0.2, -0.15) is 0 Å². The van der Waals surface area contributed by atoms with Crippen LogP contribution in [0.1, 0.15) is 26.7 Å². The molecule has 21 heavy (non-hydrogen) atoms. The van der Waals surface area contributed by atoms with E-state index < -0.39 is 5.54 Å². The van der Waals surface area contributed by atoms with Gasteiger partial charge < -0.3 is 4.90 Å². The molecule has 110 valence electrons. The van der Waals surface area contributed by atoms with Gasteiger partial charge in [-0.3, -0.25) is 14.4 Å². The van der Waals surface area contributed by atoms with Gasteiger partial charge in [0.25, 0.3) is 5.91 Å². The summed E-state index contributed by atoms with van der Waals surface area (Å²) >= 11 is 2.14. The Morgan fingerprint density at radius 2 is 1.95 bits per heavy atom. The monoisotopic (exact) mass is 397 g/mol. The Bertz CT molecular complexity index is 673. The standard InChI is InChI=1S/C16H16INO3/c1-7-5-16-11(8(2)14(7)20)10(19)6-18(16)15(21)13(17)12(16)9-3-4-9/h5,8-9,11H,3-4,6H2,1-2H3/t8-,11+,16+/m1/s1. The van der Waals surface area contributed by atoms with Crippen LogP contribution in [0.3, 0.4) is 0 Å². The molecule has 0 aromatic rings. The van der Waals surface area contributed by atoms with Gasteiger partial charge in [-0.05, 0) is 65.5 Å². The minimum Gasteiger partial charge on any atom is -0.317 e. The molecule has 0 aromatic carbocycles. The van der Waals surface area contributed by atoms with Crippen molar-refractivity contribution in [1.29, 1.82) is 0 Å². The molecule has 2 fully saturated rings. The van der Waals surface area contributed by atoms with Gasteiger partial charge in [0.1, 0.15) is 0 Å². The van der Waals surface area contributed by atoms with E-state index in [2.05, 4.69) is 22.6 Å². The third-order valence-corrected chi connectivity index (χ3v) is 6.45. The van der Waals surface area contributed by atoms with Crippen molar-refractivity contribution in [3.63, 3.8) is 0 Å². The van der Waals surface area contributed by atoms with E-state index in [-0.39, 0.29) is 35.9 Å². The third kappa shape index (κ3) is 1.48. The normalized spacial score (nSPS) is 38.9. The van der Waals surface area contributed by atoms with Crippen molar-refractivity contribution in [3.8, 4) is 0 Å². The number of nitrogens with zero attached hydrogens (tertiary/aromatic N) is 1. The number of carbonyl (C=O) groups excluding carboxylic acids is 3. The molecule has 0 aromatic heterocycles. The highest BCUT2D eigenvalue weighted by Crippen LogP contribution is 2.59. The first-order valence-corrected chi connectivity index (χ1v) is 8.46. The number of carbonyl (C=O) groups is 3. The van der Waals surface area contributed by atoms with Crippen LogP contribution in [0.5, 0.6) is 0 Å². The van der Waals surface area contributed by atoms with Gasteiger partial charge in [-0.25, -0.2) is 0 Å². The molecule has 1 saturated carbocycles. The number of hydrogen-bond donors (Lipinski definition) is 0. The van der Waals surface area contributed by atoms with Gasteiger partial charge in [-0.15, -0.1) is 0 Å². The SMILES string of the molecule is CC1=C[C@]23C(C4CC4)=C(I)C(=O)N2CC(=O)[C@@H]3[C@@H](C)C1=O. The maximum Gasteiger partial charge on any atom is 0.261 e. The van der Waals surface area contributed by atoms with E-state index in [1.165, 1.54) is 0 Å². The molecule has 1 saturated heterocycles. The molecule has 2 aliphatic heterocycles. The first-order valence-electron chi connectivity index (χ1n) is 7.38. The summed E-state index contributed by atoms with van der Waals surface area (Å²) < 4.78 is 0.776. The number of hydrogen-bond acceptors (Lipinski definition) is 3. The lowest BCUT2D eigenvalue weighted by molar-refractivity contribution is -0.129. The fraction of sp³-hybridized carbons (Fsp3) is 0.562. The minimum atomic E-state index is -0.636. The predicted molar refractivity (Wildman–Crippen MR) is 84.6 cm³/mol. The molecular weight excluding hydrogens is 381 g/mol. The summed E-state index contributed by atoms with van der Waals surface area (Å²) in [6.45, 7) is 3.80. The van der Waals surface area contributed by atoms with E-state index >= 15 is 0 Å². The molecule has 2 heterocycles. The zero-order chi connectivity index (χ0) is 15.1. The van der Waals surface area contributed by atoms with E-state index in [0.29, 0.717) is 11.5 Å². The summed E-state index contributed by atoms with van der Waals surface area (Å²) in [5.74, 6) is -0.264. The summed E-state index contributed by atoms with van der Waals surface area (Å²) in [4.78, 5) is 39.2. The van der Waals surface area contributed by atoms with Crippen LogP contribution in [0.4, 0.5) is 0 Å². The number of allylic oxidation sites excluding steroid dienone is 1. The molecular formula is C16H16INO3. The van der Waals surface area contributed by atoms with E-state index in [4.69, 9.17) is 0 Å². The lowest BCUT2D eigenvalue weighted by Crippen LogP contribution is -2.52. The molecule has 3 atom stereocenters. The Balaban J connectivity index is 2.01. The minimum absolute atomic E-state index is 0.0288. The van der Waals surface area contributed by atoms with Gasteiger partial charge in [0.05, 0.1) is 21.6 Å². The summed E-state index contributed by atoms with van der Waals surface area (Å²) in [6.07, 6.45) is 4.09. The Labute approximate surface area is 136 Å². The van der Waals surface area contributed by atoms with Gasteiger partial charge in [0.2, 0.25) is 0 Å². The quantitative estimate of drug-likeness (QED) is 0.637. The second-order valence-electron chi connectivity index (χ2n) is 6.64. The Kier molecular flexibility index (Phi) is 2.64. The molecule has 4 aliphatic rings. The van der Waals surface area contributed by atoms with Crippen LogP contribution in [0.15, 0.2) is 20.8 Å². The van der Waals surface area contributed by atoms with Crippen LogP contribution in [-0.4, -0.2) is 34.5 Å². The lowest BCUT2D eigenvalue weighted by atomic mass is 9.65. The van der Waals surface area contributed by atoms with Crippen molar-refractivity contribution >= 4 is 40.1 Å². The molecule has 0 unspecified atom stereocenters. The highest BCUT2D eigenvalue weighted by Gasteiger charge is 2.66. The molecule has 4 rings (SSSR count). The predicted octanol–water partition coefficient (Wildman–Crippen LogP) is 2.03. The van der Waals surface area contributed by atoms with Crippen molar-refractivity contribution in [2.45, 2.75) is 32.2 Å². The van der Waals surface area contributed by atoms with Crippen LogP contribution in [0.25, 0.3) is 0 Å². The Morgan fingerprint density at radius 1 is 1.29 bits per heavy atom. The summed E-state index contributed by atoms with van der Waals surface area (Å²) in [7, 11) is 0. The average Bonchev–Trinajstić information content (AvgIpc) is 3.17. The highest BCUT2D eigenvalue weighted by atomic mass is 127. The summed E-state index contributed by atoms with van der Waals surface area (Å²) in [6, 6.07) is 0. The zero-order valence-corrected chi connectivity index (χ0v) is 14.1. The van der Waals surface area contributed by atoms with Crippen LogP contribution in [-0.2, 0) is 14.4 Å². The molecule has 0 radical (unpaired) electrons. The van der Waals surface area contributed by atoms with Gasteiger partial charge in [0, 0.05) is 5.92 Å². The van der Waals surface area contributed by atoms with E-state index in [1.54, 1.807) is 4.90 Å². The maximum absolute atomic E-state index is 12.6.